The van der Waals surface area contributed by atoms with Crippen LogP contribution in [0.3, 0.4) is 0 Å². The Morgan fingerprint density at radius 3 is 1.90 bits per heavy atom. The van der Waals surface area contributed by atoms with Gasteiger partial charge < -0.3 is 0 Å². The molecule has 6 saturated carbocycles. The summed E-state index contributed by atoms with van der Waals surface area (Å²) in [7, 11) is 0.0938. The summed E-state index contributed by atoms with van der Waals surface area (Å²) in [4.78, 5) is 0. The van der Waals surface area contributed by atoms with Crippen molar-refractivity contribution in [2.24, 2.45) is 35.5 Å². The first-order valence-corrected chi connectivity index (χ1v) is 16.1. The molecule has 6 fully saturated rings. The van der Waals surface area contributed by atoms with Crippen molar-refractivity contribution < 1.29 is 0 Å². The van der Waals surface area contributed by atoms with Crippen molar-refractivity contribution >= 4 is 7.92 Å². The Morgan fingerprint density at radius 2 is 1.26 bits per heavy atom. The van der Waals surface area contributed by atoms with Gasteiger partial charge in [0, 0.05) is 0 Å². The van der Waals surface area contributed by atoms with E-state index in [4.69, 9.17) is 0 Å². The van der Waals surface area contributed by atoms with Gasteiger partial charge in [-0.15, -0.1) is 0 Å². The smallest absolute Gasteiger partial charge is 0.00794 e. The maximum atomic E-state index is 2.91. The summed E-state index contributed by atoms with van der Waals surface area (Å²) in [5.41, 5.74) is 0. The van der Waals surface area contributed by atoms with Crippen LogP contribution in [0, 0.1) is 35.5 Å². The molecular weight excluding hydrogens is 391 g/mol. The van der Waals surface area contributed by atoms with Gasteiger partial charge in [-0.1, -0.05) is 73.6 Å². The zero-order valence-corrected chi connectivity index (χ0v) is 22.0. The highest BCUT2D eigenvalue weighted by Crippen LogP contribution is 2.81. The lowest BCUT2D eigenvalue weighted by Gasteiger charge is -2.66. The Bertz CT molecular complexity index is 637. The van der Waals surface area contributed by atoms with Crippen molar-refractivity contribution in [2.75, 3.05) is 0 Å². The molecule has 0 radical (unpaired) electrons. The van der Waals surface area contributed by atoms with Crippen LogP contribution in [0.4, 0.5) is 0 Å². The van der Waals surface area contributed by atoms with E-state index in [1.807, 2.05) is 0 Å². The average molecular weight is 443 g/mol. The zero-order chi connectivity index (χ0) is 21.3. The van der Waals surface area contributed by atoms with E-state index in [-0.39, 0.29) is 7.92 Å². The third-order valence-electron chi connectivity index (χ3n) is 11.9. The standard InChI is InChI=1S/C30H51P/c1-4-29(19-26-10-11-27(15-26)20-29)31(28(3)17-24-7-5-8-25(14-24)18-28)30-12-6-9-23(21-30)13-22(2)16-30/h22-27H,4-21H2,1-3H3. The maximum absolute atomic E-state index is 2.91. The highest BCUT2D eigenvalue weighted by molar-refractivity contribution is 7.62. The molecule has 6 aliphatic rings. The minimum atomic E-state index is 0.0938. The van der Waals surface area contributed by atoms with Crippen LogP contribution in [-0.4, -0.2) is 15.5 Å². The molecule has 0 saturated heterocycles. The molecule has 0 spiro atoms. The summed E-state index contributed by atoms with van der Waals surface area (Å²) in [6.45, 7) is 8.23. The SMILES string of the molecule is CCC1(P(C2(C)CC3CCCC(C3)C2)C23CCCC(CC(C)C2)C3)CC2CCC(C2)C1. The van der Waals surface area contributed by atoms with Crippen molar-refractivity contribution in [3.05, 3.63) is 0 Å². The predicted molar refractivity (Wildman–Crippen MR) is 136 cm³/mol. The largest absolute Gasteiger partial charge is 0.0878 e. The average Bonchev–Trinajstić information content (AvgIpc) is 3.05. The Balaban J connectivity index is 1.45. The lowest BCUT2D eigenvalue weighted by molar-refractivity contribution is 0.137. The van der Waals surface area contributed by atoms with E-state index in [2.05, 4.69) is 20.8 Å². The molecule has 8 unspecified atom stereocenters. The van der Waals surface area contributed by atoms with E-state index in [1.54, 1.807) is 109 Å². The van der Waals surface area contributed by atoms with Crippen molar-refractivity contribution in [1.82, 2.24) is 0 Å². The van der Waals surface area contributed by atoms with Gasteiger partial charge in [-0.25, -0.2) is 0 Å². The van der Waals surface area contributed by atoms with Crippen LogP contribution in [0.2, 0.25) is 0 Å². The molecule has 0 amide bonds. The minimum absolute atomic E-state index is 0.0938. The molecule has 8 atom stereocenters. The summed E-state index contributed by atoms with van der Waals surface area (Å²) in [6, 6.07) is 0. The highest BCUT2D eigenvalue weighted by atomic mass is 31.1. The van der Waals surface area contributed by atoms with Crippen molar-refractivity contribution in [3.8, 4) is 0 Å². The molecule has 0 aliphatic heterocycles. The van der Waals surface area contributed by atoms with Crippen LogP contribution in [0.1, 0.15) is 136 Å². The van der Waals surface area contributed by atoms with E-state index >= 15 is 0 Å². The number of rotatable bonds is 4. The third kappa shape index (κ3) is 3.71. The summed E-state index contributed by atoms with van der Waals surface area (Å²) >= 11 is 0. The molecule has 0 heterocycles. The fourth-order valence-electron chi connectivity index (χ4n) is 11.7. The van der Waals surface area contributed by atoms with E-state index < -0.39 is 0 Å². The van der Waals surface area contributed by atoms with Crippen LogP contribution < -0.4 is 0 Å². The number of hydrogen-bond acceptors (Lipinski definition) is 0. The van der Waals surface area contributed by atoms with Gasteiger partial charge in [0.1, 0.15) is 0 Å². The predicted octanol–water partition coefficient (Wildman–Crippen LogP) is 9.54. The van der Waals surface area contributed by atoms with Gasteiger partial charge in [-0.05, 0) is 122 Å². The molecule has 6 rings (SSSR count). The van der Waals surface area contributed by atoms with Crippen molar-refractivity contribution in [2.45, 2.75) is 152 Å². The zero-order valence-electron chi connectivity index (χ0n) is 21.1. The van der Waals surface area contributed by atoms with Gasteiger partial charge in [-0.2, -0.15) is 0 Å². The minimum Gasteiger partial charge on any atom is -0.0878 e. The second-order valence-electron chi connectivity index (χ2n) is 14.4. The van der Waals surface area contributed by atoms with E-state index in [1.165, 1.54) is 6.42 Å². The third-order valence-corrected chi connectivity index (χ3v) is 16.5. The van der Waals surface area contributed by atoms with Gasteiger partial charge in [0.15, 0.2) is 0 Å². The van der Waals surface area contributed by atoms with Crippen LogP contribution in [0.15, 0.2) is 0 Å². The van der Waals surface area contributed by atoms with Crippen LogP contribution in [-0.2, 0) is 0 Å². The summed E-state index contributed by atoms with van der Waals surface area (Å²) < 4.78 is 0. The molecule has 1 heteroatoms. The normalized spacial score (nSPS) is 55.1. The molecular formula is C30H51P. The lowest BCUT2D eigenvalue weighted by atomic mass is 9.67. The van der Waals surface area contributed by atoms with Gasteiger partial charge in [-0.3, -0.25) is 0 Å². The Hall–Kier alpha value is 0.430. The monoisotopic (exact) mass is 442 g/mol. The quantitative estimate of drug-likeness (QED) is 0.380. The summed E-state index contributed by atoms with van der Waals surface area (Å²) in [6.07, 6.45) is 28.8. The molecule has 0 nitrogen and oxygen atoms in total. The second kappa shape index (κ2) is 7.99. The topological polar surface area (TPSA) is 0 Å². The molecule has 0 aromatic heterocycles. The molecule has 0 N–H and O–H groups in total. The van der Waals surface area contributed by atoms with Crippen LogP contribution in [0.5, 0.6) is 0 Å². The van der Waals surface area contributed by atoms with E-state index in [9.17, 15) is 0 Å². The maximum Gasteiger partial charge on any atom is -0.00794 e. The van der Waals surface area contributed by atoms with Gasteiger partial charge in [0.25, 0.3) is 0 Å². The molecule has 31 heavy (non-hydrogen) atoms. The molecule has 6 bridgehead atoms. The fraction of sp³-hybridized carbons (Fsp3) is 1.00. The van der Waals surface area contributed by atoms with Crippen LogP contribution in [0.25, 0.3) is 0 Å². The van der Waals surface area contributed by atoms with E-state index in [0.717, 1.165) is 45.8 Å². The van der Waals surface area contributed by atoms with Gasteiger partial charge in [0.05, 0.1) is 0 Å². The van der Waals surface area contributed by atoms with Gasteiger partial charge >= 0.3 is 0 Å². The summed E-state index contributed by atoms with van der Waals surface area (Å²) in [5.74, 6) is 6.48. The lowest BCUT2D eigenvalue weighted by Crippen LogP contribution is -2.54. The Labute approximate surface area is 195 Å². The van der Waals surface area contributed by atoms with Gasteiger partial charge in [0.2, 0.25) is 0 Å². The first kappa shape index (κ1) is 21.9. The van der Waals surface area contributed by atoms with Crippen molar-refractivity contribution in [3.63, 3.8) is 0 Å². The van der Waals surface area contributed by atoms with E-state index in [0.29, 0.717) is 5.16 Å². The molecule has 176 valence electrons. The second-order valence-corrected chi connectivity index (χ2v) is 18.1. The molecule has 0 aromatic carbocycles. The highest BCUT2D eigenvalue weighted by Gasteiger charge is 2.62. The Morgan fingerprint density at radius 1 is 0.677 bits per heavy atom. The van der Waals surface area contributed by atoms with Crippen molar-refractivity contribution in [1.29, 1.82) is 0 Å². The number of fused-ring (bicyclic) bond motifs is 6. The Kier molecular flexibility index (Phi) is 5.65. The van der Waals surface area contributed by atoms with Crippen LogP contribution >= 0.6 is 7.92 Å². The number of hydrogen-bond donors (Lipinski definition) is 0. The molecule has 6 aliphatic carbocycles. The first-order valence-electron chi connectivity index (χ1n) is 14.7. The first-order chi connectivity index (χ1) is 14.9. The summed E-state index contributed by atoms with van der Waals surface area (Å²) in [5, 5.41) is 2.22. The fourth-order valence-corrected chi connectivity index (χ4v) is 18.4. The molecule has 0 aromatic rings.